The van der Waals surface area contributed by atoms with Crippen LogP contribution in [0, 0.1) is 0 Å². The van der Waals surface area contributed by atoms with Crippen molar-refractivity contribution in [1.29, 1.82) is 0 Å². The number of hydrogen-bond acceptors (Lipinski definition) is 7. The molecule has 2 aromatic carbocycles. The Morgan fingerprint density at radius 3 is 2.47 bits per heavy atom. The van der Waals surface area contributed by atoms with Crippen LogP contribution in [0.1, 0.15) is 0 Å². The first-order valence-electron chi connectivity index (χ1n) is 8.47. The van der Waals surface area contributed by atoms with Gasteiger partial charge in [-0.1, -0.05) is 54.1 Å². The maximum atomic E-state index is 13.3. The Labute approximate surface area is 187 Å². The molecule has 8 nitrogen and oxygen atoms in total. The van der Waals surface area contributed by atoms with Crippen LogP contribution < -0.4 is 0 Å². The fourth-order valence-corrected chi connectivity index (χ4v) is 7.41. The largest absolute Gasteiger partial charge is 0.294 e. The Morgan fingerprint density at radius 1 is 1.07 bits per heavy atom. The van der Waals surface area contributed by atoms with Crippen LogP contribution in [0.4, 0.5) is 0 Å². The summed E-state index contributed by atoms with van der Waals surface area (Å²) in [4.78, 5) is 0. The zero-order chi connectivity index (χ0) is 20.9. The van der Waals surface area contributed by atoms with Crippen LogP contribution in [0.15, 0.2) is 63.3 Å². The molecule has 30 heavy (non-hydrogen) atoms. The highest BCUT2D eigenvalue weighted by molar-refractivity contribution is 9.10. The number of fused-ring (bicyclic) bond motifs is 1. The van der Waals surface area contributed by atoms with Gasteiger partial charge in [0.15, 0.2) is 4.21 Å². The van der Waals surface area contributed by atoms with Gasteiger partial charge in [-0.3, -0.25) is 0 Å². The number of tetrazole rings is 1. The number of aromatic amines is 1. The van der Waals surface area contributed by atoms with E-state index in [1.165, 1.54) is 0 Å². The molecule has 12 heteroatoms. The summed E-state index contributed by atoms with van der Waals surface area (Å²) in [6.45, 7) is 0. The summed E-state index contributed by atoms with van der Waals surface area (Å²) in [5.41, 5.74) is 2.57. The van der Waals surface area contributed by atoms with Gasteiger partial charge in [0.1, 0.15) is 5.69 Å². The van der Waals surface area contributed by atoms with E-state index in [0.29, 0.717) is 31.2 Å². The third-order valence-electron chi connectivity index (χ3n) is 4.41. The molecule has 0 saturated heterocycles. The van der Waals surface area contributed by atoms with Crippen molar-refractivity contribution in [2.75, 3.05) is 0 Å². The number of H-pyrrole nitrogens is 1. The van der Waals surface area contributed by atoms with Crippen LogP contribution in [0.3, 0.4) is 0 Å². The van der Waals surface area contributed by atoms with Gasteiger partial charge >= 0.3 is 0 Å². The van der Waals surface area contributed by atoms with E-state index in [0.717, 1.165) is 26.6 Å². The number of benzene rings is 2. The van der Waals surface area contributed by atoms with Gasteiger partial charge in [0.05, 0.1) is 14.3 Å². The second kappa shape index (κ2) is 7.27. The molecule has 0 unspecified atom stereocenters. The minimum Gasteiger partial charge on any atom is -0.198 e. The number of thiophene rings is 1. The van der Waals surface area contributed by atoms with E-state index in [1.54, 1.807) is 18.2 Å². The van der Waals surface area contributed by atoms with Crippen LogP contribution in [0.5, 0.6) is 0 Å². The molecule has 5 aromatic rings. The normalized spacial score (nSPS) is 11.9. The predicted octanol–water partition coefficient (Wildman–Crippen LogP) is 4.60. The maximum Gasteiger partial charge on any atom is 0.294 e. The van der Waals surface area contributed by atoms with Crippen LogP contribution in [0.2, 0.25) is 4.34 Å². The zero-order valence-electron chi connectivity index (χ0n) is 14.8. The van der Waals surface area contributed by atoms with Crippen molar-refractivity contribution >= 4 is 59.8 Å². The second-order valence-corrected chi connectivity index (χ2v) is 10.7. The summed E-state index contributed by atoms with van der Waals surface area (Å²) in [6.07, 6.45) is 0. The summed E-state index contributed by atoms with van der Waals surface area (Å²) in [5.74, 6) is 0.471. The molecule has 1 N–H and O–H groups in total. The summed E-state index contributed by atoms with van der Waals surface area (Å²) < 4.78 is 28.6. The van der Waals surface area contributed by atoms with E-state index < -0.39 is 10.0 Å². The Kier molecular flexibility index (Phi) is 4.69. The van der Waals surface area contributed by atoms with Gasteiger partial charge in [0, 0.05) is 16.5 Å². The summed E-state index contributed by atoms with van der Waals surface area (Å²) in [5, 5.41) is 19.1. The first-order valence-corrected chi connectivity index (χ1v) is 11.9. The fourth-order valence-electron chi connectivity index (χ4n) is 3.08. The molecule has 0 bridgehead atoms. The van der Waals surface area contributed by atoms with Gasteiger partial charge in [0.25, 0.3) is 10.0 Å². The molecular weight excluding hydrogens is 512 g/mol. The molecule has 0 radical (unpaired) electrons. The van der Waals surface area contributed by atoms with Crippen molar-refractivity contribution in [2.24, 2.45) is 0 Å². The van der Waals surface area contributed by atoms with Crippen molar-refractivity contribution in [3.63, 3.8) is 0 Å². The molecule has 5 rings (SSSR count). The van der Waals surface area contributed by atoms with E-state index in [9.17, 15) is 8.42 Å². The van der Waals surface area contributed by atoms with Crippen LogP contribution in [0.25, 0.3) is 33.5 Å². The average Bonchev–Trinajstić information content (AvgIpc) is 3.47. The number of halogens is 2. The minimum absolute atomic E-state index is 0.0970. The molecule has 0 fully saturated rings. The predicted molar refractivity (Wildman–Crippen MR) is 118 cm³/mol. The summed E-state index contributed by atoms with van der Waals surface area (Å²) >= 11 is 10.3. The lowest BCUT2D eigenvalue weighted by Crippen LogP contribution is -2.13. The standard InChI is InChI=1S/C18H10BrClN6O2S2/c19-13-9-15(20)29-18(13)30(27,28)26-14-4-2-1-3-12(14)16(23-26)10-5-7-11(8-6-10)17-21-24-25-22-17/h1-9H,(H,21,22,24,25). The number of hydrogen-bond donors (Lipinski definition) is 1. The van der Waals surface area contributed by atoms with Crippen LogP contribution >= 0.6 is 38.9 Å². The van der Waals surface area contributed by atoms with Crippen molar-refractivity contribution in [3.8, 4) is 22.6 Å². The molecule has 150 valence electrons. The van der Waals surface area contributed by atoms with Gasteiger partial charge in [-0.15, -0.1) is 21.5 Å². The lowest BCUT2D eigenvalue weighted by molar-refractivity contribution is 0.584. The molecule has 0 saturated carbocycles. The lowest BCUT2D eigenvalue weighted by atomic mass is 10.1. The van der Waals surface area contributed by atoms with Gasteiger partial charge in [-0.25, -0.2) is 0 Å². The molecule has 0 aliphatic carbocycles. The van der Waals surface area contributed by atoms with Crippen molar-refractivity contribution in [3.05, 3.63) is 63.4 Å². The first kappa shape index (κ1) is 19.4. The smallest absolute Gasteiger partial charge is 0.198 e. The van der Waals surface area contributed by atoms with E-state index in [-0.39, 0.29) is 4.21 Å². The molecule has 0 atom stereocenters. The minimum atomic E-state index is -3.95. The number of rotatable bonds is 4. The van der Waals surface area contributed by atoms with Gasteiger partial charge < -0.3 is 0 Å². The van der Waals surface area contributed by atoms with E-state index in [1.807, 2.05) is 36.4 Å². The quantitative estimate of drug-likeness (QED) is 0.370. The zero-order valence-corrected chi connectivity index (χ0v) is 18.8. The van der Waals surface area contributed by atoms with Gasteiger partial charge in [-0.05, 0) is 33.3 Å². The average molecular weight is 522 g/mol. The summed E-state index contributed by atoms with van der Waals surface area (Å²) in [6, 6.07) is 16.1. The lowest BCUT2D eigenvalue weighted by Gasteiger charge is -2.04. The second-order valence-electron chi connectivity index (χ2n) is 6.21. The van der Waals surface area contributed by atoms with Crippen molar-refractivity contribution in [1.82, 2.24) is 29.8 Å². The molecule has 0 spiro atoms. The maximum absolute atomic E-state index is 13.3. The highest BCUT2D eigenvalue weighted by atomic mass is 79.9. The monoisotopic (exact) mass is 520 g/mol. The number of nitrogens with zero attached hydrogens (tertiary/aromatic N) is 5. The SMILES string of the molecule is O=S(=O)(c1sc(Cl)cc1Br)n1nc(-c2ccc(-c3nn[nH]n3)cc2)c2ccccc21. The first-order chi connectivity index (χ1) is 14.4. The van der Waals surface area contributed by atoms with Crippen molar-refractivity contribution in [2.45, 2.75) is 4.21 Å². The Morgan fingerprint density at radius 2 is 1.80 bits per heavy atom. The van der Waals surface area contributed by atoms with E-state index in [4.69, 9.17) is 11.6 Å². The number of aromatic nitrogens is 6. The fraction of sp³-hybridized carbons (Fsp3) is 0. The molecule has 0 aliphatic rings. The molecule has 3 aromatic heterocycles. The molecule has 3 heterocycles. The highest BCUT2D eigenvalue weighted by Gasteiger charge is 2.27. The van der Waals surface area contributed by atoms with E-state index in [2.05, 4.69) is 41.7 Å². The third-order valence-corrected chi connectivity index (χ3v) is 8.92. The van der Waals surface area contributed by atoms with Crippen LogP contribution in [-0.2, 0) is 10.0 Å². The van der Waals surface area contributed by atoms with E-state index >= 15 is 0 Å². The number of para-hydroxylation sites is 1. The Hall–Kier alpha value is -2.60. The van der Waals surface area contributed by atoms with Gasteiger partial charge in [0.2, 0.25) is 5.82 Å². The third kappa shape index (κ3) is 3.14. The summed E-state index contributed by atoms with van der Waals surface area (Å²) in [7, 11) is -3.95. The Balaban J connectivity index is 1.68. The Bertz CT molecular complexity index is 1480. The molecule has 0 amide bonds. The topological polar surface area (TPSA) is 106 Å². The van der Waals surface area contributed by atoms with Crippen molar-refractivity contribution < 1.29 is 8.42 Å². The van der Waals surface area contributed by atoms with Crippen LogP contribution in [-0.4, -0.2) is 38.2 Å². The highest BCUT2D eigenvalue weighted by Crippen LogP contribution is 2.38. The molecule has 0 aliphatic heterocycles. The van der Waals surface area contributed by atoms with Gasteiger partial charge in [-0.2, -0.15) is 22.8 Å². The molecular formula is C18H10BrClN6O2S2. The number of nitrogens with one attached hydrogen (secondary N) is 1.